The van der Waals surface area contributed by atoms with Crippen LogP contribution in [-0.4, -0.2) is 12.6 Å². The fourth-order valence-electron chi connectivity index (χ4n) is 4.70. The Balaban J connectivity index is 1.71. The molecule has 2 bridgehead atoms. The van der Waals surface area contributed by atoms with Gasteiger partial charge in [-0.3, -0.25) is 0 Å². The van der Waals surface area contributed by atoms with Crippen molar-refractivity contribution in [3.05, 3.63) is 24.3 Å². The van der Waals surface area contributed by atoms with E-state index in [4.69, 9.17) is 4.74 Å². The van der Waals surface area contributed by atoms with Crippen molar-refractivity contribution in [2.75, 3.05) is 11.9 Å². The van der Waals surface area contributed by atoms with Gasteiger partial charge in [0.25, 0.3) is 0 Å². The summed E-state index contributed by atoms with van der Waals surface area (Å²) < 4.78 is 5.66. The van der Waals surface area contributed by atoms with Crippen LogP contribution in [0.15, 0.2) is 24.3 Å². The molecule has 1 unspecified atom stereocenters. The highest BCUT2D eigenvalue weighted by Crippen LogP contribution is 2.63. The lowest BCUT2D eigenvalue weighted by atomic mass is 9.68. The summed E-state index contributed by atoms with van der Waals surface area (Å²) in [4.78, 5) is 0. The molecule has 2 nitrogen and oxygen atoms in total. The first-order valence-corrected chi connectivity index (χ1v) is 8.45. The zero-order chi connectivity index (χ0) is 15.1. The fourth-order valence-corrected chi connectivity index (χ4v) is 4.70. The van der Waals surface area contributed by atoms with Crippen LogP contribution in [0.5, 0.6) is 5.75 Å². The van der Waals surface area contributed by atoms with E-state index in [1.54, 1.807) is 0 Å². The van der Waals surface area contributed by atoms with Crippen molar-refractivity contribution in [1.29, 1.82) is 0 Å². The first-order chi connectivity index (χ1) is 9.95. The molecule has 0 amide bonds. The molecule has 1 aromatic rings. The number of hydrogen-bond acceptors (Lipinski definition) is 2. The molecule has 0 spiro atoms. The lowest BCUT2D eigenvalue weighted by Crippen LogP contribution is -2.45. The first kappa shape index (κ1) is 14.7. The third-order valence-corrected chi connectivity index (χ3v) is 5.91. The summed E-state index contributed by atoms with van der Waals surface area (Å²) in [7, 11) is 0. The number of hydrogen-bond donors (Lipinski definition) is 1. The minimum absolute atomic E-state index is 0.393. The molecule has 0 aromatic heterocycles. The maximum Gasteiger partial charge on any atom is 0.119 e. The van der Waals surface area contributed by atoms with E-state index in [9.17, 15) is 0 Å². The molecular weight excluding hydrogens is 258 g/mol. The van der Waals surface area contributed by atoms with E-state index in [0.717, 1.165) is 24.7 Å². The quantitative estimate of drug-likeness (QED) is 0.813. The van der Waals surface area contributed by atoms with Gasteiger partial charge in [0.1, 0.15) is 5.75 Å². The summed E-state index contributed by atoms with van der Waals surface area (Å²) in [5.41, 5.74) is 2.08. The normalized spacial score (nSPS) is 33.1. The van der Waals surface area contributed by atoms with Gasteiger partial charge in [0, 0.05) is 11.7 Å². The number of anilines is 1. The van der Waals surface area contributed by atoms with Gasteiger partial charge in [0.2, 0.25) is 0 Å². The van der Waals surface area contributed by atoms with Crippen molar-refractivity contribution in [3.63, 3.8) is 0 Å². The lowest BCUT2D eigenvalue weighted by Gasteiger charge is -2.43. The molecule has 2 saturated carbocycles. The van der Waals surface area contributed by atoms with E-state index in [1.165, 1.54) is 24.9 Å². The highest BCUT2D eigenvalue weighted by molar-refractivity contribution is 5.48. The molecule has 0 aliphatic heterocycles. The average molecular weight is 287 g/mol. The Bertz CT molecular complexity index is 488. The molecule has 21 heavy (non-hydrogen) atoms. The molecule has 2 fully saturated rings. The van der Waals surface area contributed by atoms with E-state index in [0.29, 0.717) is 16.9 Å². The summed E-state index contributed by atoms with van der Waals surface area (Å²) in [5.74, 6) is 1.85. The maximum atomic E-state index is 5.66. The molecule has 0 saturated heterocycles. The molecule has 116 valence electrons. The van der Waals surface area contributed by atoms with Crippen LogP contribution < -0.4 is 10.1 Å². The number of nitrogens with one attached hydrogen (secondary N) is 1. The van der Waals surface area contributed by atoms with Gasteiger partial charge in [-0.25, -0.2) is 0 Å². The van der Waals surface area contributed by atoms with Crippen LogP contribution in [-0.2, 0) is 0 Å². The van der Waals surface area contributed by atoms with Crippen LogP contribution in [0.25, 0.3) is 0 Å². The van der Waals surface area contributed by atoms with Crippen molar-refractivity contribution >= 4 is 5.69 Å². The number of ether oxygens (including phenoxy) is 1. The van der Waals surface area contributed by atoms with Gasteiger partial charge >= 0.3 is 0 Å². The van der Waals surface area contributed by atoms with Crippen molar-refractivity contribution in [2.24, 2.45) is 16.7 Å². The maximum absolute atomic E-state index is 5.66. The summed E-state index contributed by atoms with van der Waals surface area (Å²) in [6, 6.07) is 9.07. The molecule has 2 aliphatic rings. The zero-order valence-electron chi connectivity index (χ0n) is 13.9. The number of rotatable bonds is 5. The van der Waals surface area contributed by atoms with Crippen molar-refractivity contribution < 1.29 is 4.74 Å². The Morgan fingerprint density at radius 1 is 1.19 bits per heavy atom. The fraction of sp³-hybridized carbons (Fsp3) is 0.684. The monoisotopic (exact) mass is 287 g/mol. The van der Waals surface area contributed by atoms with Crippen LogP contribution in [0.3, 0.4) is 0 Å². The Kier molecular flexibility index (Phi) is 3.67. The Labute approximate surface area is 129 Å². The van der Waals surface area contributed by atoms with Crippen LogP contribution in [0, 0.1) is 16.7 Å². The van der Waals surface area contributed by atoms with Crippen LogP contribution in [0.4, 0.5) is 5.69 Å². The summed E-state index contributed by atoms with van der Waals surface area (Å²) in [5, 5.41) is 3.83. The second-order valence-corrected chi connectivity index (χ2v) is 7.87. The van der Waals surface area contributed by atoms with E-state index >= 15 is 0 Å². The predicted molar refractivity (Wildman–Crippen MR) is 88.9 cm³/mol. The highest BCUT2D eigenvalue weighted by Gasteiger charge is 2.59. The van der Waals surface area contributed by atoms with Crippen molar-refractivity contribution in [2.45, 2.75) is 59.4 Å². The molecule has 0 radical (unpaired) electrons. The van der Waals surface area contributed by atoms with Gasteiger partial charge in [0.15, 0.2) is 0 Å². The average Bonchev–Trinajstić information content (AvgIpc) is 2.94. The summed E-state index contributed by atoms with van der Waals surface area (Å²) >= 11 is 0. The van der Waals surface area contributed by atoms with Gasteiger partial charge in [-0.2, -0.15) is 0 Å². The van der Waals surface area contributed by atoms with Crippen LogP contribution >= 0.6 is 0 Å². The standard InChI is InChI=1S/C19H29NO/c1-5-12-21-16-8-6-15(7-9-16)20-17-18(2,3)14-10-11-19(17,4)13-14/h6-9,14,17,20H,5,10-13H2,1-4H3/t14-,17?,19+/m0/s1. The zero-order valence-corrected chi connectivity index (χ0v) is 13.9. The molecular formula is C19H29NO. The molecule has 1 N–H and O–H groups in total. The minimum Gasteiger partial charge on any atom is -0.494 e. The van der Waals surface area contributed by atoms with Gasteiger partial charge in [-0.05, 0) is 66.7 Å². The van der Waals surface area contributed by atoms with E-state index in [2.05, 4.69) is 57.3 Å². The second kappa shape index (κ2) is 5.23. The highest BCUT2D eigenvalue weighted by atomic mass is 16.5. The number of benzene rings is 1. The summed E-state index contributed by atoms with van der Waals surface area (Å²) in [6.07, 6.45) is 5.22. The second-order valence-electron chi connectivity index (χ2n) is 7.87. The predicted octanol–water partition coefficient (Wildman–Crippen LogP) is 5.10. The van der Waals surface area contributed by atoms with E-state index < -0.39 is 0 Å². The Hall–Kier alpha value is -1.18. The van der Waals surface area contributed by atoms with Crippen LogP contribution in [0.2, 0.25) is 0 Å². The minimum atomic E-state index is 0.393. The van der Waals surface area contributed by atoms with Gasteiger partial charge < -0.3 is 10.1 Å². The third-order valence-electron chi connectivity index (χ3n) is 5.91. The van der Waals surface area contributed by atoms with Crippen molar-refractivity contribution in [1.82, 2.24) is 0 Å². The lowest BCUT2D eigenvalue weighted by molar-refractivity contribution is 0.155. The molecule has 2 aliphatic carbocycles. The smallest absolute Gasteiger partial charge is 0.119 e. The number of fused-ring (bicyclic) bond motifs is 2. The molecule has 3 rings (SSSR count). The van der Waals surface area contributed by atoms with E-state index in [1.807, 2.05) is 0 Å². The first-order valence-electron chi connectivity index (χ1n) is 8.45. The third kappa shape index (κ3) is 2.54. The molecule has 1 aromatic carbocycles. The molecule has 0 heterocycles. The van der Waals surface area contributed by atoms with Crippen molar-refractivity contribution in [3.8, 4) is 5.75 Å². The van der Waals surface area contributed by atoms with E-state index in [-0.39, 0.29) is 0 Å². The largest absolute Gasteiger partial charge is 0.494 e. The Morgan fingerprint density at radius 2 is 1.90 bits per heavy atom. The molecule has 2 heteroatoms. The van der Waals surface area contributed by atoms with Crippen LogP contribution in [0.1, 0.15) is 53.4 Å². The van der Waals surface area contributed by atoms with Gasteiger partial charge in [-0.15, -0.1) is 0 Å². The topological polar surface area (TPSA) is 21.3 Å². The Morgan fingerprint density at radius 3 is 2.48 bits per heavy atom. The SMILES string of the molecule is CCCOc1ccc(NC2C(C)(C)[C@H]3CC[C@]2(C)C3)cc1. The van der Waals surface area contributed by atoms with Gasteiger partial charge in [-0.1, -0.05) is 27.7 Å². The van der Waals surface area contributed by atoms with Gasteiger partial charge in [0.05, 0.1) is 6.61 Å². The summed E-state index contributed by atoms with van der Waals surface area (Å²) in [6.45, 7) is 10.3. The molecule has 3 atom stereocenters.